The molecule has 1 amide bonds. The van der Waals surface area contributed by atoms with Crippen LogP contribution in [0.4, 0.5) is 10.5 Å². The summed E-state index contributed by atoms with van der Waals surface area (Å²) in [5, 5.41) is 19.7. The van der Waals surface area contributed by atoms with E-state index in [4.69, 9.17) is 4.43 Å². The van der Waals surface area contributed by atoms with Gasteiger partial charge in [-0.3, -0.25) is 4.90 Å². The molecule has 3 heterocycles. The van der Waals surface area contributed by atoms with E-state index >= 15 is 0 Å². The van der Waals surface area contributed by atoms with Crippen LogP contribution in [0.5, 0.6) is 0 Å². The standard InChI is InChI=1S/C25H36N2O5Si/c1-25(2,3)33(4,5)32-19-12-13-26(15-19)17-8-6-16(7-9-17)20-14-18-10-11-21(22(20)23(28)29)27(18)24(30)31/h6-9,18-19,21H,10-15H2,1-5H3,(H,28,29)(H,30,31)/t18-,19+,21+/m1/s1. The third-order valence-electron chi connectivity index (χ3n) is 8.05. The average molecular weight is 473 g/mol. The van der Waals surface area contributed by atoms with Crippen LogP contribution in [0.1, 0.15) is 52.0 Å². The van der Waals surface area contributed by atoms with Crippen LogP contribution in [0.15, 0.2) is 29.8 Å². The third kappa shape index (κ3) is 4.42. The molecular weight excluding hydrogens is 436 g/mol. The second-order valence-corrected chi connectivity index (χ2v) is 15.9. The van der Waals surface area contributed by atoms with Gasteiger partial charge in [0.25, 0.3) is 0 Å². The van der Waals surface area contributed by atoms with Crippen LogP contribution in [0.25, 0.3) is 5.57 Å². The number of carbonyl (C=O) groups is 2. The smallest absolute Gasteiger partial charge is 0.408 e. The van der Waals surface area contributed by atoms with Crippen molar-refractivity contribution in [2.24, 2.45) is 0 Å². The Bertz CT molecular complexity index is 966. The van der Waals surface area contributed by atoms with Gasteiger partial charge in [0.1, 0.15) is 0 Å². The highest BCUT2D eigenvalue weighted by Gasteiger charge is 2.46. The van der Waals surface area contributed by atoms with Crippen LogP contribution in [0, 0.1) is 0 Å². The van der Waals surface area contributed by atoms with Crippen molar-refractivity contribution in [3.63, 3.8) is 0 Å². The first-order chi connectivity index (χ1) is 15.4. The molecule has 2 bridgehead atoms. The summed E-state index contributed by atoms with van der Waals surface area (Å²) in [5.74, 6) is -1.02. The number of carboxylic acids is 1. The lowest BCUT2D eigenvalue weighted by molar-refractivity contribution is -0.133. The van der Waals surface area contributed by atoms with Crippen molar-refractivity contribution in [3.8, 4) is 0 Å². The molecule has 0 aromatic heterocycles. The summed E-state index contributed by atoms with van der Waals surface area (Å²) in [7, 11) is -1.81. The molecule has 0 aliphatic carbocycles. The van der Waals surface area contributed by atoms with E-state index in [0.29, 0.717) is 19.3 Å². The fourth-order valence-corrected chi connectivity index (χ4v) is 6.65. The molecule has 3 aliphatic rings. The van der Waals surface area contributed by atoms with Crippen molar-refractivity contribution >= 4 is 31.6 Å². The molecule has 2 N–H and O–H groups in total. The molecule has 0 radical (unpaired) electrons. The second-order valence-electron chi connectivity index (χ2n) is 11.1. The predicted octanol–water partition coefficient (Wildman–Crippen LogP) is 5.04. The minimum atomic E-state index is -1.81. The Hall–Kier alpha value is -2.32. The van der Waals surface area contributed by atoms with Gasteiger partial charge >= 0.3 is 12.1 Å². The molecule has 3 aliphatic heterocycles. The number of nitrogens with zero attached hydrogens (tertiary/aromatic N) is 2. The lowest BCUT2D eigenvalue weighted by atomic mass is 9.88. The van der Waals surface area contributed by atoms with Gasteiger partial charge in [-0.15, -0.1) is 0 Å². The quantitative estimate of drug-likeness (QED) is 0.584. The van der Waals surface area contributed by atoms with Gasteiger partial charge in [-0.25, -0.2) is 9.59 Å². The molecule has 7 nitrogen and oxygen atoms in total. The number of anilines is 1. The molecule has 1 aromatic carbocycles. The Balaban J connectivity index is 1.51. The molecule has 0 spiro atoms. The summed E-state index contributed by atoms with van der Waals surface area (Å²) in [6, 6.07) is 7.40. The maximum atomic E-state index is 12.1. The minimum absolute atomic E-state index is 0.142. The largest absolute Gasteiger partial charge is 0.478 e. The van der Waals surface area contributed by atoms with E-state index in [1.54, 1.807) is 0 Å². The predicted molar refractivity (Wildman–Crippen MR) is 131 cm³/mol. The number of hydrogen-bond donors (Lipinski definition) is 2. The van der Waals surface area contributed by atoms with Crippen molar-refractivity contribution in [1.82, 2.24) is 4.90 Å². The maximum Gasteiger partial charge on any atom is 0.408 e. The Kier molecular flexibility index (Phi) is 6.11. The Labute approximate surface area is 197 Å². The van der Waals surface area contributed by atoms with Gasteiger partial charge < -0.3 is 19.5 Å². The molecule has 8 heteroatoms. The van der Waals surface area contributed by atoms with Crippen molar-refractivity contribution in [1.29, 1.82) is 0 Å². The van der Waals surface area contributed by atoms with Crippen LogP contribution in [-0.4, -0.2) is 66.8 Å². The van der Waals surface area contributed by atoms with Crippen LogP contribution in [-0.2, 0) is 9.22 Å². The summed E-state index contributed by atoms with van der Waals surface area (Å²) in [5.41, 5.74) is 3.01. The molecule has 3 atom stereocenters. The van der Waals surface area contributed by atoms with E-state index in [1.165, 1.54) is 4.90 Å². The Morgan fingerprint density at radius 1 is 1.06 bits per heavy atom. The maximum absolute atomic E-state index is 12.1. The van der Waals surface area contributed by atoms with Crippen LogP contribution >= 0.6 is 0 Å². The number of aliphatic carboxylic acids is 1. The molecule has 0 saturated carbocycles. The summed E-state index contributed by atoms with van der Waals surface area (Å²) in [6.45, 7) is 13.2. The molecular formula is C25H36N2O5Si. The molecule has 2 fully saturated rings. The van der Waals surface area contributed by atoms with Gasteiger partial charge in [-0.05, 0) is 67.1 Å². The van der Waals surface area contributed by atoms with Crippen molar-refractivity contribution < 1.29 is 24.2 Å². The molecule has 1 aromatic rings. The lowest BCUT2D eigenvalue weighted by Gasteiger charge is -2.38. The van der Waals surface area contributed by atoms with Gasteiger partial charge in [0.15, 0.2) is 8.32 Å². The number of rotatable bonds is 5. The molecule has 2 saturated heterocycles. The topological polar surface area (TPSA) is 90.3 Å². The first-order valence-corrected chi connectivity index (χ1v) is 14.8. The number of carboxylic acid groups (broad SMARTS) is 2. The highest BCUT2D eigenvalue weighted by Crippen LogP contribution is 2.43. The summed E-state index contributed by atoms with van der Waals surface area (Å²) in [6.07, 6.45) is 1.96. The lowest BCUT2D eigenvalue weighted by Crippen LogP contribution is -2.45. The van der Waals surface area contributed by atoms with Gasteiger partial charge in [-0.2, -0.15) is 0 Å². The van der Waals surface area contributed by atoms with Crippen molar-refractivity contribution in [2.75, 3.05) is 18.0 Å². The van der Waals surface area contributed by atoms with Gasteiger partial charge in [0, 0.05) is 24.8 Å². The van der Waals surface area contributed by atoms with Crippen LogP contribution < -0.4 is 4.90 Å². The minimum Gasteiger partial charge on any atom is -0.478 e. The zero-order valence-corrected chi connectivity index (χ0v) is 21.3. The SMILES string of the molecule is CC(C)(C)[Si](C)(C)O[C@H]1CCN(c2ccc(C3=C(C(=O)O)[C@@H]4CC[C@H](C3)N4C(=O)O)cc2)C1. The Morgan fingerprint density at radius 3 is 2.30 bits per heavy atom. The number of benzene rings is 1. The monoisotopic (exact) mass is 472 g/mol. The fraction of sp³-hybridized carbons (Fsp3) is 0.600. The first-order valence-electron chi connectivity index (χ1n) is 11.9. The third-order valence-corrected chi connectivity index (χ3v) is 12.6. The molecule has 33 heavy (non-hydrogen) atoms. The van der Waals surface area contributed by atoms with E-state index in [9.17, 15) is 19.8 Å². The zero-order chi connectivity index (χ0) is 24.1. The molecule has 4 rings (SSSR count). The average Bonchev–Trinajstić information content (AvgIpc) is 3.29. The van der Waals surface area contributed by atoms with Crippen LogP contribution in [0.3, 0.4) is 0 Å². The van der Waals surface area contributed by atoms with Crippen molar-refractivity contribution in [3.05, 3.63) is 35.4 Å². The fourth-order valence-electron chi connectivity index (χ4n) is 5.27. The number of amides is 1. The van der Waals surface area contributed by atoms with E-state index in [1.807, 2.05) is 12.1 Å². The highest BCUT2D eigenvalue weighted by molar-refractivity contribution is 6.74. The van der Waals surface area contributed by atoms with Crippen LogP contribution in [0.2, 0.25) is 18.1 Å². The normalized spacial score (nSPS) is 25.7. The highest BCUT2D eigenvalue weighted by atomic mass is 28.4. The number of fused-ring (bicyclic) bond motifs is 2. The number of hydrogen-bond acceptors (Lipinski definition) is 4. The van der Waals surface area contributed by atoms with E-state index in [2.05, 4.69) is 50.9 Å². The van der Waals surface area contributed by atoms with Gasteiger partial charge in [-0.1, -0.05) is 32.9 Å². The van der Waals surface area contributed by atoms with E-state index in [0.717, 1.165) is 36.3 Å². The summed E-state index contributed by atoms with van der Waals surface area (Å²) in [4.78, 5) is 27.5. The first kappa shape index (κ1) is 23.8. The van der Waals surface area contributed by atoms with Crippen molar-refractivity contribution in [2.45, 2.75) is 82.8 Å². The Morgan fingerprint density at radius 2 is 1.73 bits per heavy atom. The van der Waals surface area contributed by atoms with Gasteiger partial charge in [0.2, 0.25) is 0 Å². The van der Waals surface area contributed by atoms with E-state index in [-0.39, 0.29) is 22.8 Å². The summed E-state index contributed by atoms with van der Waals surface area (Å²) < 4.78 is 6.61. The second kappa shape index (κ2) is 8.47. The zero-order valence-electron chi connectivity index (χ0n) is 20.3. The molecule has 180 valence electrons. The summed E-state index contributed by atoms with van der Waals surface area (Å²) >= 11 is 0. The molecule has 0 unspecified atom stereocenters. The van der Waals surface area contributed by atoms with Gasteiger partial charge in [0.05, 0.1) is 17.7 Å². The van der Waals surface area contributed by atoms with E-state index < -0.39 is 26.4 Å².